The van der Waals surface area contributed by atoms with Crippen LogP contribution in [-0.4, -0.2) is 76.6 Å². The molecule has 2 aliphatic rings. The maximum atomic E-state index is 14.1. The highest BCUT2D eigenvalue weighted by Gasteiger charge is 2.34. The van der Waals surface area contributed by atoms with Crippen molar-refractivity contribution < 1.29 is 19.1 Å². The number of nitrogens with zero attached hydrogens (tertiary/aromatic N) is 2. The third-order valence-electron chi connectivity index (χ3n) is 6.96. The fourth-order valence-corrected chi connectivity index (χ4v) is 5.07. The van der Waals surface area contributed by atoms with Crippen LogP contribution in [0.5, 0.6) is 0 Å². The molecule has 2 amide bonds. The van der Waals surface area contributed by atoms with Crippen LogP contribution in [0, 0.1) is 12.7 Å². The first-order chi connectivity index (χ1) is 14.9. The number of fused-ring (bicyclic) bond motifs is 1. The van der Waals surface area contributed by atoms with Crippen LogP contribution < -0.4 is 5.32 Å². The Bertz CT molecular complexity index is 936. The van der Waals surface area contributed by atoms with Gasteiger partial charge >= 0.3 is 0 Å². The normalized spacial score (nSPS) is 24.5. The summed E-state index contributed by atoms with van der Waals surface area (Å²) in [4.78, 5) is 31.8. The molecule has 2 fully saturated rings. The van der Waals surface area contributed by atoms with E-state index in [2.05, 4.69) is 15.2 Å². The molecule has 0 bridgehead atoms. The van der Waals surface area contributed by atoms with Gasteiger partial charge in [0.2, 0.25) is 5.91 Å². The Morgan fingerprint density at radius 1 is 1.32 bits per heavy atom. The second-order valence-corrected chi connectivity index (χ2v) is 8.93. The molecule has 1 aliphatic heterocycles. The van der Waals surface area contributed by atoms with Crippen molar-refractivity contribution in [3.05, 3.63) is 35.3 Å². The van der Waals surface area contributed by atoms with Crippen molar-refractivity contribution in [3.63, 3.8) is 0 Å². The number of benzene rings is 1. The first-order valence-electron chi connectivity index (χ1n) is 11.1. The van der Waals surface area contributed by atoms with E-state index in [1.165, 1.54) is 6.07 Å². The molecule has 1 aliphatic carbocycles. The Hall–Kier alpha value is -2.45. The van der Waals surface area contributed by atoms with Crippen LogP contribution in [0.3, 0.4) is 0 Å². The molecule has 7 nitrogen and oxygen atoms in total. The largest absolute Gasteiger partial charge is 0.387 e. The lowest BCUT2D eigenvalue weighted by Gasteiger charge is -2.36. The SMILES string of the molecule is Cc1ccc(F)c2cc(C(=O)N[C@@H]3CCCC(N4CC[C@@H](N(C)C(=O)CO)C4)C3)[nH]c12. The summed E-state index contributed by atoms with van der Waals surface area (Å²) in [6, 6.07) is 5.28. The van der Waals surface area contributed by atoms with Crippen molar-refractivity contribution in [1.29, 1.82) is 0 Å². The van der Waals surface area contributed by atoms with Gasteiger partial charge in [0.1, 0.15) is 18.1 Å². The van der Waals surface area contributed by atoms with Crippen molar-refractivity contribution in [2.24, 2.45) is 0 Å². The maximum Gasteiger partial charge on any atom is 0.267 e. The summed E-state index contributed by atoms with van der Waals surface area (Å²) in [6.07, 6.45) is 4.80. The third-order valence-corrected chi connectivity index (χ3v) is 6.96. The van der Waals surface area contributed by atoms with Crippen LogP contribution >= 0.6 is 0 Å². The molecule has 1 saturated heterocycles. The van der Waals surface area contributed by atoms with Crippen molar-refractivity contribution in [2.45, 2.75) is 57.2 Å². The van der Waals surface area contributed by atoms with Crippen molar-refractivity contribution >= 4 is 22.7 Å². The Kier molecular flexibility index (Phi) is 6.29. The van der Waals surface area contributed by atoms with Gasteiger partial charge in [0, 0.05) is 43.6 Å². The molecule has 1 saturated carbocycles. The molecule has 0 radical (unpaired) electrons. The standard InChI is InChI=1S/C23H31FN4O3/c1-14-6-7-19(24)18-11-20(26-22(14)18)23(31)25-15-4-3-5-16(10-15)28-9-8-17(12-28)27(2)21(30)13-29/h6-7,11,15-17,26,29H,3-5,8-10,12-13H2,1-2H3,(H,25,31)/t15-,16?,17-/m1/s1. The van der Waals surface area contributed by atoms with Crippen molar-refractivity contribution in [3.8, 4) is 0 Å². The molecule has 8 heteroatoms. The zero-order chi connectivity index (χ0) is 22.1. The molecule has 168 valence electrons. The van der Waals surface area contributed by atoms with Crippen LogP contribution in [0.15, 0.2) is 18.2 Å². The van der Waals surface area contributed by atoms with Crippen LogP contribution in [0.1, 0.15) is 48.2 Å². The van der Waals surface area contributed by atoms with E-state index < -0.39 is 6.61 Å². The van der Waals surface area contributed by atoms with E-state index in [0.29, 0.717) is 22.6 Å². The highest BCUT2D eigenvalue weighted by atomic mass is 19.1. The number of H-pyrrole nitrogens is 1. The lowest BCUT2D eigenvalue weighted by Crippen LogP contribution is -2.47. The first-order valence-corrected chi connectivity index (χ1v) is 11.1. The predicted molar refractivity (Wildman–Crippen MR) is 116 cm³/mol. The minimum absolute atomic E-state index is 0.0689. The summed E-state index contributed by atoms with van der Waals surface area (Å²) in [5, 5.41) is 12.7. The van der Waals surface area contributed by atoms with Crippen LogP contribution in [-0.2, 0) is 4.79 Å². The quantitative estimate of drug-likeness (QED) is 0.679. The number of hydrogen-bond acceptors (Lipinski definition) is 4. The van der Waals surface area contributed by atoms with Gasteiger partial charge in [-0.1, -0.05) is 6.07 Å². The number of hydrogen-bond donors (Lipinski definition) is 3. The van der Waals surface area contributed by atoms with Gasteiger partial charge in [0.25, 0.3) is 5.91 Å². The Morgan fingerprint density at radius 2 is 2.13 bits per heavy atom. The Labute approximate surface area is 181 Å². The molecule has 0 spiro atoms. The number of aromatic nitrogens is 1. The van der Waals surface area contributed by atoms with E-state index in [-0.39, 0.29) is 29.7 Å². The number of aryl methyl sites for hydroxylation is 1. The number of nitrogens with one attached hydrogen (secondary N) is 2. The maximum absolute atomic E-state index is 14.1. The number of aliphatic hydroxyl groups is 1. The minimum atomic E-state index is -0.457. The number of amides is 2. The van der Waals surface area contributed by atoms with Crippen molar-refractivity contribution in [2.75, 3.05) is 26.7 Å². The summed E-state index contributed by atoms with van der Waals surface area (Å²) in [5.74, 6) is -0.777. The van der Waals surface area contributed by atoms with Crippen LogP contribution in [0.25, 0.3) is 10.9 Å². The molecule has 31 heavy (non-hydrogen) atoms. The fourth-order valence-electron chi connectivity index (χ4n) is 5.07. The van der Waals surface area contributed by atoms with E-state index >= 15 is 0 Å². The first kappa shape index (κ1) is 21.8. The number of carbonyl (C=O) groups is 2. The van der Waals surface area contributed by atoms with Gasteiger partial charge in [-0.15, -0.1) is 0 Å². The van der Waals surface area contributed by atoms with Gasteiger partial charge in [-0.05, 0) is 56.7 Å². The van der Waals surface area contributed by atoms with Gasteiger partial charge in [-0.25, -0.2) is 4.39 Å². The second kappa shape index (κ2) is 8.96. The number of likely N-dealkylation sites (tertiary alicyclic amines) is 1. The van der Waals surface area contributed by atoms with E-state index in [4.69, 9.17) is 5.11 Å². The number of aromatic amines is 1. The van der Waals surface area contributed by atoms with Gasteiger partial charge in [-0.3, -0.25) is 14.5 Å². The molecular weight excluding hydrogens is 399 g/mol. The van der Waals surface area contributed by atoms with Crippen molar-refractivity contribution in [1.82, 2.24) is 20.1 Å². The molecule has 3 N–H and O–H groups in total. The summed E-state index contributed by atoms with van der Waals surface area (Å²) < 4.78 is 14.1. The molecular formula is C23H31FN4O3. The minimum Gasteiger partial charge on any atom is -0.387 e. The summed E-state index contributed by atoms with van der Waals surface area (Å²) >= 11 is 0. The van der Waals surface area contributed by atoms with Gasteiger partial charge in [0.15, 0.2) is 0 Å². The molecule has 2 aromatic rings. The number of rotatable bonds is 5. The monoisotopic (exact) mass is 430 g/mol. The molecule has 4 rings (SSSR count). The Morgan fingerprint density at radius 3 is 2.87 bits per heavy atom. The van der Waals surface area contributed by atoms with Gasteiger partial charge in [0.05, 0.1) is 5.52 Å². The van der Waals surface area contributed by atoms with Gasteiger partial charge in [-0.2, -0.15) is 0 Å². The lowest BCUT2D eigenvalue weighted by atomic mass is 9.90. The molecule has 3 atom stereocenters. The summed E-state index contributed by atoms with van der Waals surface area (Å²) in [5.41, 5.74) is 1.95. The zero-order valence-corrected chi connectivity index (χ0v) is 18.2. The zero-order valence-electron chi connectivity index (χ0n) is 18.2. The topological polar surface area (TPSA) is 88.7 Å². The smallest absolute Gasteiger partial charge is 0.267 e. The molecule has 2 heterocycles. The highest BCUT2D eigenvalue weighted by Crippen LogP contribution is 2.28. The van der Waals surface area contributed by atoms with E-state index in [1.54, 1.807) is 24.1 Å². The molecule has 1 aromatic heterocycles. The fraction of sp³-hybridized carbons (Fsp3) is 0.565. The van der Waals surface area contributed by atoms with E-state index in [1.807, 2.05) is 6.92 Å². The summed E-state index contributed by atoms with van der Waals surface area (Å²) in [7, 11) is 1.75. The van der Waals surface area contributed by atoms with E-state index in [9.17, 15) is 14.0 Å². The predicted octanol–water partition coefficient (Wildman–Crippen LogP) is 2.18. The highest BCUT2D eigenvalue weighted by molar-refractivity contribution is 5.99. The lowest BCUT2D eigenvalue weighted by molar-refractivity contribution is -0.134. The van der Waals surface area contributed by atoms with E-state index in [0.717, 1.165) is 50.8 Å². The summed E-state index contributed by atoms with van der Waals surface area (Å²) in [6.45, 7) is 3.15. The molecule has 1 unspecified atom stereocenters. The number of aliphatic hydroxyl groups excluding tert-OH is 1. The average Bonchev–Trinajstić information content (AvgIpc) is 3.44. The third kappa shape index (κ3) is 4.45. The number of likely N-dealkylation sites (N-methyl/N-ethyl adjacent to an activating group) is 1. The Balaban J connectivity index is 1.37. The van der Waals surface area contributed by atoms with Crippen LogP contribution in [0.4, 0.5) is 4.39 Å². The van der Waals surface area contributed by atoms with Gasteiger partial charge < -0.3 is 20.3 Å². The van der Waals surface area contributed by atoms with Crippen LogP contribution in [0.2, 0.25) is 0 Å². The second-order valence-electron chi connectivity index (χ2n) is 8.93. The molecule has 1 aromatic carbocycles. The number of halogens is 1. The average molecular weight is 431 g/mol. The number of carbonyl (C=O) groups excluding carboxylic acids is 2.